The number of ether oxygens (including phenoxy) is 1. The molecule has 5 rings (SSSR count). The number of nitrogens with one attached hydrogen (secondary N) is 1. The minimum atomic E-state index is -2.89. The Morgan fingerprint density at radius 3 is 2.59 bits per heavy atom. The van der Waals surface area contributed by atoms with Crippen molar-refractivity contribution in [2.24, 2.45) is 5.41 Å². The number of amides is 1. The average molecular weight is 498 g/mol. The summed E-state index contributed by atoms with van der Waals surface area (Å²) in [6, 6.07) is 4.58. The molecule has 2 fully saturated rings. The topological polar surface area (TPSA) is 70.6 Å². The summed E-state index contributed by atoms with van der Waals surface area (Å²) in [6.45, 7) is 9.68. The highest BCUT2D eigenvalue weighted by molar-refractivity contribution is 6.28. The van der Waals surface area contributed by atoms with E-state index in [4.69, 9.17) is 16.3 Å². The van der Waals surface area contributed by atoms with Crippen LogP contribution in [-0.4, -0.2) is 58.5 Å². The number of aromatic nitrogens is 2. The van der Waals surface area contributed by atoms with Crippen LogP contribution in [0.15, 0.2) is 18.2 Å². The van der Waals surface area contributed by atoms with Gasteiger partial charge in [0.1, 0.15) is 11.6 Å². The summed E-state index contributed by atoms with van der Waals surface area (Å²) in [5.41, 5.74) is 1.30. The molecule has 11 heteroatoms. The molecule has 0 radical (unpaired) electrons. The lowest BCUT2D eigenvalue weighted by atomic mass is 9.83. The monoisotopic (exact) mass is 497 g/mol. The second-order valence-corrected chi connectivity index (χ2v) is 9.85. The molecule has 1 aromatic heterocycles. The number of alkyl halides is 2. The van der Waals surface area contributed by atoms with Gasteiger partial charge in [0.25, 0.3) is 6.43 Å². The first kappa shape index (κ1) is 24.7. The van der Waals surface area contributed by atoms with Gasteiger partial charge >= 0.3 is 0 Å². The molecule has 0 atom stereocenters. The van der Waals surface area contributed by atoms with Crippen LogP contribution in [0.3, 0.4) is 0 Å². The van der Waals surface area contributed by atoms with Gasteiger partial charge in [-0.25, -0.2) is 23.1 Å². The van der Waals surface area contributed by atoms with Gasteiger partial charge in [-0.15, -0.1) is 0 Å². The van der Waals surface area contributed by atoms with Crippen LogP contribution >= 0.6 is 11.6 Å². The SMILES string of the molecule is CC1(C)CN(C2COC2)C1.O=CN1Cc2nc(Cl)nc(NCc3cccc(C(F)F)c3F)c2C1. The lowest BCUT2D eigenvalue weighted by Gasteiger charge is -2.52. The van der Waals surface area contributed by atoms with E-state index in [1.807, 2.05) is 0 Å². The highest BCUT2D eigenvalue weighted by atomic mass is 35.5. The standard InChI is InChI=1S/C15H12ClF3N4O.C8H15NO/c16-15-21-11-6-23(7-24)5-10(11)14(22-15)20-4-8-2-1-3-9(12(8)17)13(18)19;1-8(2)5-9(6-8)7-3-10-4-7/h1-3,7,13H,4-6H2,(H,20,21,22);7H,3-6H2,1-2H3. The van der Waals surface area contributed by atoms with Gasteiger partial charge in [-0.2, -0.15) is 0 Å². The number of carbonyl (C=O) groups excluding carboxylic acids is 1. The molecule has 7 nitrogen and oxygen atoms in total. The molecule has 34 heavy (non-hydrogen) atoms. The van der Waals surface area contributed by atoms with Crippen molar-refractivity contribution in [1.29, 1.82) is 0 Å². The predicted molar refractivity (Wildman–Crippen MR) is 121 cm³/mol. The van der Waals surface area contributed by atoms with Crippen LogP contribution in [0.2, 0.25) is 5.28 Å². The molecule has 4 heterocycles. The first-order valence-electron chi connectivity index (χ1n) is 11.0. The summed E-state index contributed by atoms with van der Waals surface area (Å²) < 4.78 is 44.7. The third-order valence-electron chi connectivity index (χ3n) is 6.12. The lowest BCUT2D eigenvalue weighted by Crippen LogP contribution is -2.62. The predicted octanol–water partition coefficient (Wildman–Crippen LogP) is 4.02. The molecule has 0 aliphatic carbocycles. The molecular weight excluding hydrogens is 471 g/mol. The van der Waals surface area contributed by atoms with Gasteiger partial charge in [0.2, 0.25) is 11.7 Å². The van der Waals surface area contributed by atoms with Crippen molar-refractivity contribution < 1.29 is 22.7 Å². The van der Waals surface area contributed by atoms with Gasteiger partial charge in [-0.3, -0.25) is 9.69 Å². The third-order valence-corrected chi connectivity index (χ3v) is 6.29. The second kappa shape index (κ2) is 10.1. The molecule has 3 aliphatic rings. The van der Waals surface area contributed by atoms with Crippen LogP contribution in [0.1, 0.15) is 42.7 Å². The molecule has 0 unspecified atom stereocenters. The highest BCUT2D eigenvalue weighted by Gasteiger charge is 2.40. The van der Waals surface area contributed by atoms with Crippen molar-refractivity contribution in [2.45, 2.75) is 45.9 Å². The zero-order valence-electron chi connectivity index (χ0n) is 19.0. The largest absolute Gasteiger partial charge is 0.378 e. The van der Waals surface area contributed by atoms with Gasteiger partial charge < -0.3 is 15.0 Å². The molecule has 184 valence electrons. The van der Waals surface area contributed by atoms with E-state index in [0.29, 0.717) is 42.0 Å². The Labute approximate surface area is 201 Å². The van der Waals surface area contributed by atoms with Gasteiger partial charge in [-0.1, -0.05) is 32.0 Å². The average Bonchev–Trinajstić information content (AvgIpc) is 3.13. The molecule has 3 aliphatic heterocycles. The number of likely N-dealkylation sites (tertiary alicyclic amines) is 1. The zero-order chi connectivity index (χ0) is 24.5. The van der Waals surface area contributed by atoms with E-state index in [2.05, 4.69) is 34.0 Å². The Morgan fingerprint density at radius 1 is 1.26 bits per heavy atom. The quantitative estimate of drug-likeness (QED) is 0.480. The molecule has 1 aromatic carbocycles. The Morgan fingerprint density at radius 2 is 2.00 bits per heavy atom. The van der Waals surface area contributed by atoms with E-state index in [9.17, 15) is 18.0 Å². The van der Waals surface area contributed by atoms with Crippen molar-refractivity contribution in [3.63, 3.8) is 0 Å². The molecule has 0 spiro atoms. The van der Waals surface area contributed by atoms with Crippen LogP contribution in [0.4, 0.5) is 19.0 Å². The van der Waals surface area contributed by atoms with Crippen molar-refractivity contribution in [2.75, 3.05) is 31.6 Å². The Hall–Kier alpha value is -2.43. The van der Waals surface area contributed by atoms with Crippen molar-refractivity contribution in [1.82, 2.24) is 19.8 Å². The molecule has 0 bridgehead atoms. The number of rotatable bonds is 6. The number of anilines is 1. The Balaban J connectivity index is 0.000000226. The maximum Gasteiger partial charge on any atom is 0.266 e. The normalized spacial score (nSPS) is 19.1. The molecule has 2 aromatic rings. The van der Waals surface area contributed by atoms with Crippen LogP contribution < -0.4 is 5.32 Å². The van der Waals surface area contributed by atoms with Gasteiger partial charge in [0.15, 0.2) is 0 Å². The van der Waals surface area contributed by atoms with Gasteiger partial charge in [-0.05, 0) is 17.0 Å². The van der Waals surface area contributed by atoms with Crippen LogP contribution in [0.5, 0.6) is 0 Å². The van der Waals surface area contributed by atoms with Crippen LogP contribution in [0, 0.1) is 11.2 Å². The van der Waals surface area contributed by atoms with Crippen molar-refractivity contribution in [3.8, 4) is 0 Å². The number of hydrogen-bond acceptors (Lipinski definition) is 6. The maximum atomic E-state index is 14.1. The minimum absolute atomic E-state index is 0.00852. The summed E-state index contributed by atoms with van der Waals surface area (Å²) in [7, 11) is 0. The maximum absolute atomic E-state index is 14.1. The highest BCUT2D eigenvalue weighted by Crippen LogP contribution is 2.32. The van der Waals surface area contributed by atoms with E-state index < -0.39 is 17.8 Å². The van der Waals surface area contributed by atoms with Crippen molar-refractivity contribution in [3.05, 3.63) is 51.7 Å². The Bertz CT molecular complexity index is 1040. The van der Waals surface area contributed by atoms with Crippen molar-refractivity contribution >= 4 is 23.8 Å². The number of halogens is 4. The van der Waals surface area contributed by atoms with E-state index in [1.165, 1.54) is 30.1 Å². The molecule has 2 saturated heterocycles. The first-order valence-corrected chi connectivity index (χ1v) is 11.4. The summed E-state index contributed by atoms with van der Waals surface area (Å²) in [5, 5.41) is 2.88. The summed E-state index contributed by atoms with van der Waals surface area (Å²) in [5.74, 6) is -0.595. The van der Waals surface area contributed by atoms with E-state index in [-0.39, 0.29) is 17.4 Å². The molecule has 0 saturated carbocycles. The third kappa shape index (κ3) is 5.45. The van der Waals surface area contributed by atoms with Crippen LogP contribution in [-0.2, 0) is 29.2 Å². The second-order valence-electron chi connectivity index (χ2n) is 9.51. The number of carbonyl (C=O) groups is 1. The van der Waals surface area contributed by atoms with E-state index >= 15 is 0 Å². The lowest BCUT2D eigenvalue weighted by molar-refractivity contribution is -0.121. The Kier molecular flexibility index (Phi) is 7.30. The number of nitrogens with zero attached hydrogens (tertiary/aromatic N) is 4. The fourth-order valence-electron chi connectivity index (χ4n) is 4.30. The summed E-state index contributed by atoms with van der Waals surface area (Å²) in [4.78, 5) is 23.0. The smallest absolute Gasteiger partial charge is 0.266 e. The van der Waals surface area contributed by atoms with Crippen LogP contribution in [0.25, 0.3) is 0 Å². The summed E-state index contributed by atoms with van der Waals surface area (Å²) in [6.07, 6.45) is -2.20. The van der Waals surface area contributed by atoms with E-state index in [1.54, 1.807) is 0 Å². The minimum Gasteiger partial charge on any atom is -0.378 e. The molecule has 1 amide bonds. The summed E-state index contributed by atoms with van der Waals surface area (Å²) >= 11 is 5.86. The van der Waals surface area contributed by atoms with Gasteiger partial charge in [0, 0.05) is 30.8 Å². The molecular formula is C23H27ClF3N5O2. The fourth-order valence-corrected chi connectivity index (χ4v) is 4.49. The zero-order valence-corrected chi connectivity index (χ0v) is 19.8. The number of benzene rings is 1. The molecule has 1 N–H and O–H groups in total. The first-order chi connectivity index (χ1) is 16.2. The fraction of sp³-hybridized carbons (Fsp3) is 0.522. The van der Waals surface area contributed by atoms with E-state index in [0.717, 1.165) is 25.3 Å². The van der Waals surface area contributed by atoms with Gasteiger partial charge in [0.05, 0.1) is 43.6 Å². The number of fused-ring (bicyclic) bond motifs is 1. The number of hydrogen-bond donors (Lipinski definition) is 1.